The molecular weight excluding hydrogens is 174 g/mol. The minimum atomic E-state index is 0.316. The van der Waals surface area contributed by atoms with Gasteiger partial charge in [-0.3, -0.25) is 4.90 Å². The van der Waals surface area contributed by atoms with Crippen molar-refractivity contribution < 1.29 is 4.74 Å². The van der Waals surface area contributed by atoms with Crippen LogP contribution >= 0.6 is 0 Å². The molecule has 2 fully saturated rings. The number of rotatable bonds is 2. The predicted octanol–water partition coefficient (Wildman–Crippen LogP) is 2.28. The molecule has 0 aromatic rings. The fraction of sp³-hybridized carbons (Fsp3) is 1.00. The highest BCUT2D eigenvalue weighted by atomic mass is 16.5. The van der Waals surface area contributed by atoms with Crippen molar-refractivity contribution in [2.24, 2.45) is 5.41 Å². The molecule has 2 unspecified atom stereocenters. The molecule has 2 rings (SSSR count). The average Bonchev–Trinajstić information content (AvgIpc) is 2.53. The van der Waals surface area contributed by atoms with Crippen LogP contribution in [0.15, 0.2) is 0 Å². The van der Waals surface area contributed by atoms with Crippen molar-refractivity contribution in [3.05, 3.63) is 0 Å². The van der Waals surface area contributed by atoms with Crippen LogP contribution in [0.4, 0.5) is 0 Å². The zero-order valence-corrected chi connectivity index (χ0v) is 10.1. The van der Waals surface area contributed by atoms with Crippen molar-refractivity contribution >= 4 is 0 Å². The maximum atomic E-state index is 5.35. The van der Waals surface area contributed by atoms with E-state index in [4.69, 9.17) is 4.74 Å². The number of ether oxygens (including phenoxy) is 1. The molecule has 14 heavy (non-hydrogen) atoms. The predicted molar refractivity (Wildman–Crippen MR) is 58.4 cm³/mol. The van der Waals surface area contributed by atoms with E-state index in [1.807, 2.05) is 7.11 Å². The highest BCUT2D eigenvalue weighted by Crippen LogP contribution is 2.61. The van der Waals surface area contributed by atoms with E-state index in [9.17, 15) is 0 Å². The van der Waals surface area contributed by atoms with Crippen molar-refractivity contribution in [1.29, 1.82) is 0 Å². The first kappa shape index (κ1) is 10.4. The first-order valence-corrected chi connectivity index (χ1v) is 5.68. The smallest absolute Gasteiger partial charge is 0.0534 e. The highest BCUT2D eigenvalue weighted by molar-refractivity contribution is 5.18. The van der Waals surface area contributed by atoms with E-state index in [-0.39, 0.29) is 0 Å². The molecule has 2 aliphatic rings. The van der Waals surface area contributed by atoms with Gasteiger partial charge < -0.3 is 4.74 Å². The maximum absolute atomic E-state index is 5.35. The van der Waals surface area contributed by atoms with E-state index in [1.54, 1.807) is 0 Å². The van der Waals surface area contributed by atoms with Gasteiger partial charge in [-0.25, -0.2) is 0 Å². The fourth-order valence-electron chi connectivity index (χ4n) is 3.56. The van der Waals surface area contributed by atoms with Gasteiger partial charge in [-0.2, -0.15) is 0 Å². The van der Waals surface area contributed by atoms with Crippen molar-refractivity contribution in [1.82, 2.24) is 4.90 Å². The van der Waals surface area contributed by atoms with Gasteiger partial charge in [0.1, 0.15) is 0 Å². The molecule has 2 heteroatoms. The van der Waals surface area contributed by atoms with E-state index in [2.05, 4.69) is 32.6 Å². The van der Waals surface area contributed by atoms with Gasteiger partial charge >= 0.3 is 0 Å². The fourth-order valence-corrected chi connectivity index (χ4v) is 3.56. The zero-order valence-electron chi connectivity index (χ0n) is 10.1. The van der Waals surface area contributed by atoms with Crippen molar-refractivity contribution in [3.63, 3.8) is 0 Å². The van der Waals surface area contributed by atoms with Gasteiger partial charge in [0.2, 0.25) is 0 Å². The van der Waals surface area contributed by atoms with Gasteiger partial charge in [0.05, 0.1) is 6.61 Å². The van der Waals surface area contributed by atoms with Crippen molar-refractivity contribution in [2.75, 3.05) is 13.7 Å². The summed E-state index contributed by atoms with van der Waals surface area (Å²) in [7, 11) is 1.83. The van der Waals surface area contributed by atoms with Crippen LogP contribution in [-0.2, 0) is 4.74 Å². The van der Waals surface area contributed by atoms with Crippen LogP contribution in [-0.4, -0.2) is 36.2 Å². The lowest BCUT2D eigenvalue weighted by Crippen LogP contribution is -2.45. The van der Waals surface area contributed by atoms with Gasteiger partial charge in [-0.1, -0.05) is 0 Å². The summed E-state index contributed by atoms with van der Waals surface area (Å²) in [6.45, 7) is 10.3. The lowest BCUT2D eigenvalue weighted by atomic mass is 10.0. The first-order chi connectivity index (χ1) is 6.41. The summed E-state index contributed by atoms with van der Waals surface area (Å²) in [5.41, 5.74) is 0.831. The van der Waals surface area contributed by atoms with Gasteiger partial charge in [-0.05, 0) is 40.5 Å². The normalized spacial score (nSPS) is 42.6. The van der Waals surface area contributed by atoms with Gasteiger partial charge in [0.25, 0.3) is 0 Å². The minimum absolute atomic E-state index is 0.316. The van der Waals surface area contributed by atoms with Gasteiger partial charge in [-0.15, -0.1) is 0 Å². The molecule has 82 valence electrons. The lowest BCUT2D eigenvalue weighted by Gasteiger charge is -2.37. The molecule has 0 aromatic carbocycles. The van der Waals surface area contributed by atoms with Crippen molar-refractivity contribution in [2.45, 2.75) is 58.2 Å². The number of hydrogen-bond acceptors (Lipinski definition) is 2. The summed E-state index contributed by atoms with van der Waals surface area (Å²) < 4.78 is 5.35. The summed E-state index contributed by atoms with van der Waals surface area (Å²) in [5.74, 6) is 0. The third kappa shape index (κ3) is 1.40. The van der Waals surface area contributed by atoms with Crippen LogP contribution in [0.2, 0.25) is 0 Å². The summed E-state index contributed by atoms with van der Waals surface area (Å²) in [4.78, 5) is 2.69. The Bertz CT molecular complexity index is 233. The third-order valence-electron chi connectivity index (χ3n) is 3.87. The Morgan fingerprint density at radius 2 is 2.00 bits per heavy atom. The Balaban J connectivity index is 2.10. The first-order valence-electron chi connectivity index (χ1n) is 5.68. The number of likely N-dealkylation sites (tertiary alicyclic amines) is 1. The molecule has 0 bridgehead atoms. The van der Waals surface area contributed by atoms with Gasteiger partial charge in [0.15, 0.2) is 0 Å². The summed E-state index contributed by atoms with van der Waals surface area (Å²) in [6, 6.07) is 1.52. The SMILES string of the molecule is COCC12CC1N(C(C)(C)C)[C@H](C)C2. The zero-order chi connectivity index (χ0) is 10.6. The molecular formula is C12H23NO. The maximum Gasteiger partial charge on any atom is 0.0534 e. The molecule has 0 N–H and O–H groups in total. The highest BCUT2D eigenvalue weighted by Gasteiger charge is 2.65. The number of piperidine rings is 1. The number of nitrogens with zero attached hydrogens (tertiary/aromatic N) is 1. The number of hydrogen-bond donors (Lipinski definition) is 0. The Hall–Kier alpha value is -0.0800. The summed E-state index contributed by atoms with van der Waals surface area (Å²) >= 11 is 0. The summed E-state index contributed by atoms with van der Waals surface area (Å²) in [5, 5.41) is 0. The van der Waals surface area contributed by atoms with E-state index in [1.165, 1.54) is 12.8 Å². The summed E-state index contributed by atoms with van der Waals surface area (Å²) in [6.07, 6.45) is 2.67. The molecule has 0 amide bonds. The standard InChI is InChI=1S/C12H23NO/c1-9-6-12(8-14-5)7-10(12)13(9)11(2,3)4/h9-10H,6-8H2,1-5H3/t9-,10?,12?/m1/s1. The lowest BCUT2D eigenvalue weighted by molar-refractivity contribution is 0.103. The van der Waals surface area contributed by atoms with Crippen LogP contribution in [0.1, 0.15) is 40.5 Å². The van der Waals surface area contributed by atoms with Crippen LogP contribution in [0.3, 0.4) is 0 Å². The van der Waals surface area contributed by atoms with Gasteiger partial charge in [0, 0.05) is 30.1 Å². The molecule has 1 aliphatic carbocycles. The van der Waals surface area contributed by atoms with E-state index < -0.39 is 0 Å². The average molecular weight is 197 g/mol. The second kappa shape index (κ2) is 2.96. The second-order valence-electron chi connectivity index (χ2n) is 6.15. The Kier molecular flexibility index (Phi) is 2.20. The van der Waals surface area contributed by atoms with E-state index >= 15 is 0 Å². The molecule has 1 saturated carbocycles. The largest absolute Gasteiger partial charge is 0.384 e. The number of methoxy groups -OCH3 is 1. The van der Waals surface area contributed by atoms with E-state index in [0.717, 1.165) is 18.7 Å². The molecule has 1 heterocycles. The third-order valence-corrected chi connectivity index (χ3v) is 3.87. The molecule has 0 aromatic heterocycles. The Morgan fingerprint density at radius 1 is 1.36 bits per heavy atom. The van der Waals surface area contributed by atoms with Crippen LogP contribution in [0, 0.1) is 5.41 Å². The van der Waals surface area contributed by atoms with Crippen LogP contribution in [0.5, 0.6) is 0 Å². The molecule has 0 radical (unpaired) electrons. The van der Waals surface area contributed by atoms with E-state index in [0.29, 0.717) is 11.0 Å². The monoisotopic (exact) mass is 197 g/mol. The second-order valence-corrected chi connectivity index (χ2v) is 6.15. The quantitative estimate of drug-likeness (QED) is 0.673. The molecule has 2 nitrogen and oxygen atoms in total. The number of fused-ring (bicyclic) bond motifs is 1. The molecule has 0 spiro atoms. The Labute approximate surface area is 87.6 Å². The van der Waals surface area contributed by atoms with Crippen LogP contribution in [0.25, 0.3) is 0 Å². The molecule has 1 aliphatic heterocycles. The molecule has 3 atom stereocenters. The Morgan fingerprint density at radius 3 is 2.43 bits per heavy atom. The van der Waals surface area contributed by atoms with Crippen molar-refractivity contribution in [3.8, 4) is 0 Å². The topological polar surface area (TPSA) is 12.5 Å². The molecule has 1 saturated heterocycles. The van der Waals surface area contributed by atoms with Crippen LogP contribution < -0.4 is 0 Å². The minimum Gasteiger partial charge on any atom is -0.384 e.